The van der Waals surface area contributed by atoms with E-state index in [1.165, 1.54) is 0 Å². The van der Waals surface area contributed by atoms with Crippen LogP contribution in [0.2, 0.25) is 0 Å². The Labute approximate surface area is 120 Å². The summed E-state index contributed by atoms with van der Waals surface area (Å²) in [5, 5.41) is 1.12. The van der Waals surface area contributed by atoms with E-state index < -0.39 is 0 Å². The Hall–Kier alpha value is -1.71. The van der Waals surface area contributed by atoms with E-state index in [0.717, 1.165) is 26.5 Å². The molecule has 0 radical (unpaired) electrons. The number of para-hydroxylation sites is 1. The van der Waals surface area contributed by atoms with E-state index >= 15 is 0 Å². The average Bonchev–Trinajstić information content (AvgIpc) is 2.46. The van der Waals surface area contributed by atoms with Crippen molar-refractivity contribution in [3.63, 3.8) is 0 Å². The Balaban J connectivity index is 2.04. The van der Waals surface area contributed by atoms with Crippen LogP contribution in [0.15, 0.2) is 65.3 Å². The molecular formula is C16H13BrN2. The number of hydrogen-bond acceptors (Lipinski definition) is 2. The van der Waals surface area contributed by atoms with E-state index in [-0.39, 0.29) is 6.04 Å². The van der Waals surface area contributed by atoms with Crippen molar-refractivity contribution in [2.45, 2.75) is 6.04 Å². The normalized spacial score (nSPS) is 12.5. The molecule has 3 heteroatoms. The van der Waals surface area contributed by atoms with Crippen LogP contribution < -0.4 is 5.73 Å². The summed E-state index contributed by atoms with van der Waals surface area (Å²) >= 11 is 3.47. The van der Waals surface area contributed by atoms with Gasteiger partial charge in [-0.2, -0.15) is 0 Å². The topological polar surface area (TPSA) is 38.9 Å². The van der Waals surface area contributed by atoms with E-state index in [0.29, 0.717) is 0 Å². The van der Waals surface area contributed by atoms with Crippen LogP contribution in [0, 0.1) is 0 Å². The van der Waals surface area contributed by atoms with Crippen molar-refractivity contribution in [3.8, 4) is 0 Å². The molecule has 0 fully saturated rings. The molecule has 1 atom stereocenters. The van der Waals surface area contributed by atoms with Gasteiger partial charge in [0.25, 0.3) is 0 Å². The second-order valence-corrected chi connectivity index (χ2v) is 5.41. The molecule has 3 rings (SSSR count). The molecule has 0 amide bonds. The summed E-state index contributed by atoms with van der Waals surface area (Å²) in [6.45, 7) is 0. The van der Waals surface area contributed by atoms with E-state index in [1.54, 1.807) is 0 Å². The fraction of sp³-hybridized carbons (Fsp3) is 0.0625. The summed E-state index contributed by atoms with van der Waals surface area (Å²) in [4.78, 5) is 4.46. The molecular weight excluding hydrogens is 300 g/mol. The number of aromatic nitrogens is 1. The van der Waals surface area contributed by atoms with E-state index in [1.807, 2.05) is 48.7 Å². The van der Waals surface area contributed by atoms with E-state index in [9.17, 15) is 0 Å². The summed E-state index contributed by atoms with van der Waals surface area (Å²) in [6, 6.07) is 18.1. The largest absolute Gasteiger partial charge is 0.320 e. The second kappa shape index (κ2) is 5.11. The molecule has 2 nitrogen and oxygen atoms in total. The molecule has 0 bridgehead atoms. The molecule has 0 aliphatic heterocycles. The van der Waals surface area contributed by atoms with Gasteiger partial charge in [0.15, 0.2) is 0 Å². The lowest BCUT2D eigenvalue weighted by molar-refractivity contribution is 0.866. The third-order valence-electron chi connectivity index (χ3n) is 3.18. The van der Waals surface area contributed by atoms with Gasteiger partial charge < -0.3 is 5.73 Å². The second-order valence-electron chi connectivity index (χ2n) is 4.49. The number of nitrogens with two attached hydrogens (primary N) is 1. The smallest absolute Gasteiger partial charge is 0.0702 e. The minimum Gasteiger partial charge on any atom is -0.320 e. The quantitative estimate of drug-likeness (QED) is 0.775. The average molecular weight is 313 g/mol. The summed E-state index contributed by atoms with van der Waals surface area (Å²) < 4.78 is 1.04. The Morgan fingerprint density at radius 2 is 1.79 bits per heavy atom. The van der Waals surface area contributed by atoms with Gasteiger partial charge in [-0.3, -0.25) is 4.98 Å². The van der Waals surface area contributed by atoms with Crippen molar-refractivity contribution in [2.24, 2.45) is 5.73 Å². The van der Waals surface area contributed by atoms with E-state index in [2.05, 4.69) is 33.0 Å². The Morgan fingerprint density at radius 3 is 2.63 bits per heavy atom. The summed E-state index contributed by atoms with van der Waals surface area (Å²) in [5.74, 6) is 0. The number of rotatable bonds is 2. The molecule has 0 aliphatic carbocycles. The summed E-state index contributed by atoms with van der Waals surface area (Å²) in [7, 11) is 0. The molecule has 94 valence electrons. The highest BCUT2D eigenvalue weighted by Gasteiger charge is 2.10. The van der Waals surface area contributed by atoms with Crippen LogP contribution in [-0.2, 0) is 0 Å². The lowest BCUT2D eigenvalue weighted by atomic mass is 10.00. The molecule has 0 spiro atoms. The highest BCUT2D eigenvalue weighted by molar-refractivity contribution is 9.10. The van der Waals surface area contributed by atoms with Crippen LogP contribution in [0.3, 0.4) is 0 Å². The number of fused-ring (bicyclic) bond motifs is 1. The first-order valence-electron chi connectivity index (χ1n) is 6.10. The zero-order valence-corrected chi connectivity index (χ0v) is 11.8. The van der Waals surface area contributed by atoms with Gasteiger partial charge in [-0.1, -0.05) is 46.3 Å². The van der Waals surface area contributed by atoms with Crippen molar-refractivity contribution in [1.82, 2.24) is 4.98 Å². The number of pyridine rings is 1. The van der Waals surface area contributed by atoms with Gasteiger partial charge in [0.2, 0.25) is 0 Å². The van der Waals surface area contributed by atoms with Crippen molar-refractivity contribution in [3.05, 3.63) is 76.4 Å². The van der Waals surface area contributed by atoms with Crippen LogP contribution >= 0.6 is 15.9 Å². The maximum atomic E-state index is 6.32. The van der Waals surface area contributed by atoms with Crippen LogP contribution in [0.4, 0.5) is 0 Å². The molecule has 19 heavy (non-hydrogen) atoms. The SMILES string of the molecule is NC(c1cccc(Br)c1)c1cnc2ccccc2c1. The molecule has 0 aliphatic rings. The van der Waals surface area contributed by atoms with Gasteiger partial charge in [-0.25, -0.2) is 0 Å². The fourth-order valence-electron chi connectivity index (χ4n) is 2.15. The third kappa shape index (κ3) is 2.53. The highest BCUT2D eigenvalue weighted by Crippen LogP contribution is 2.24. The van der Waals surface area contributed by atoms with Crippen LogP contribution in [0.25, 0.3) is 10.9 Å². The van der Waals surface area contributed by atoms with E-state index in [4.69, 9.17) is 5.73 Å². The predicted molar refractivity (Wildman–Crippen MR) is 81.9 cm³/mol. The predicted octanol–water partition coefficient (Wildman–Crippen LogP) is 4.05. The summed E-state index contributed by atoms with van der Waals surface area (Å²) in [6.07, 6.45) is 1.86. The standard InChI is InChI=1S/C16H13BrN2/c17-14-6-3-5-12(9-14)16(18)13-8-11-4-1-2-7-15(11)19-10-13/h1-10,16H,18H2. The maximum absolute atomic E-state index is 6.32. The monoisotopic (exact) mass is 312 g/mol. The fourth-order valence-corrected chi connectivity index (χ4v) is 2.57. The molecule has 3 aromatic rings. The van der Waals surface area contributed by atoms with Gasteiger partial charge in [-0.05, 0) is 35.4 Å². The Morgan fingerprint density at radius 1 is 0.947 bits per heavy atom. The van der Waals surface area contributed by atoms with Gasteiger partial charge in [0, 0.05) is 16.1 Å². The Bertz CT molecular complexity index is 725. The lowest BCUT2D eigenvalue weighted by Crippen LogP contribution is -2.12. The molecule has 0 saturated heterocycles. The number of nitrogens with zero attached hydrogens (tertiary/aromatic N) is 1. The van der Waals surface area contributed by atoms with Crippen LogP contribution in [-0.4, -0.2) is 4.98 Å². The van der Waals surface area contributed by atoms with Crippen molar-refractivity contribution < 1.29 is 0 Å². The third-order valence-corrected chi connectivity index (χ3v) is 3.67. The maximum Gasteiger partial charge on any atom is 0.0702 e. The first-order valence-corrected chi connectivity index (χ1v) is 6.89. The van der Waals surface area contributed by atoms with Gasteiger partial charge in [-0.15, -0.1) is 0 Å². The molecule has 2 aromatic carbocycles. The van der Waals surface area contributed by atoms with Crippen molar-refractivity contribution >= 4 is 26.8 Å². The molecule has 1 heterocycles. The van der Waals surface area contributed by atoms with Crippen LogP contribution in [0.5, 0.6) is 0 Å². The number of halogens is 1. The molecule has 1 aromatic heterocycles. The zero-order valence-electron chi connectivity index (χ0n) is 10.3. The molecule has 0 saturated carbocycles. The Kier molecular flexibility index (Phi) is 3.32. The van der Waals surface area contributed by atoms with Crippen molar-refractivity contribution in [1.29, 1.82) is 0 Å². The minimum absolute atomic E-state index is 0.158. The van der Waals surface area contributed by atoms with Gasteiger partial charge in [0.05, 0.1) is 11.6 Å². The highest BCUT2D eigenvalue weighted by atomic mass is 79.9. The molecule has 1 unspecified atom stereocenters. The van der Waals surface area contributed by atoms with Gasteiger partial charge in [0.1, 0.15) is 0 Å². The minimum atomic E-state index is -0.158. The number of hydrogen-bond donors (Lipinski definition) is 1. The molecule has 2 N–H and O–H groups in total. The zero-order chi connectivity index (χ0) is 13.2. The van der Waals surface area contributed by atoms with Gasteiger partial charge >= 0.3 is 0 Å². The summed E-state index contributed by atoms with van der Waals surface area (Å²) in [5.41, 5.74) is 9.41. The first-order chi connectivity index (χ1) is 9.24. The van der Waals surface area contributed by atoms with Crippen LogP contribution in [0.1, 0.15) is 17.2 Å². The lowest BCUT2D eigenvalue weighted by Gasteiger charge is -2.13. The number of benzene rings is 2. The van der Waals surface area contributed by atoms with Crippen molar-refractivity contribution in [2.75, 3.05) is 0 Å². The first kappa shape index (κ1) is 12.3.